The van der Waals surface area contributed by atoms with E-state index in [1.807, 2.05) is 34.9 Å². The van der Waals surface area contributed by atoms with Gasteiger partial charge in [0.1, 0.15) is 14.9 Å². The minimum Gasteiger partial charge on any atom is -0.308 e. The lowest BCUT2D eigenvalue weighted by molar-refractivity contribution is 0.603. The van der Waals surface area contributed by atoms with E-state index in [4.69, 9.17) is 4.98 Å². The number of imidazole rings is 1. The summed E-state index contributed by atoms with van der Waals surface area (Å²) in [6.45, 7) is 0. The normalized spacial score (nSPS) is 13.9. The van der Waals surface area contributed by atoms with E-state index < -0.39 is 10.0 Å². The number of hydrogen-bond donors (Lipinski definition) is 3. The predicted molar refractivity (Wildman–Crippen MR) is 133 cm³/mol. The van der Waals surface area contributed by atoms with E-state index >= 15 is 0 Å². The second-order valence-electron chi connectivity index (χ2n) is 7.85. The molecule has 0 aliphatic heterocycles. The van der Waals surface area contributed by atoms with Gasteiger partial charge >= 0.3 is 0 Å². The number of thiophene rings is 1. The van der Waals surface area contributed by atoms with E-state index in [-0.39, 0.29) is 4.21 Å². The summed E-state index contributed by atoms with van der Waals surface area (Å²) in [5.74, 6) is 1.92. The summed E-state index contributed by atoms with van der Waals surface area (Å²) in [5, 5.41) is 13.2. The van der Waals surface area contributed by atoms with Crippen LogP contribution in [-0.4, -0.2) is 33.0 Å². The van der Waals surface area contributed by atoms with Gasteiger partial charge in [-0.3, -0.25) is 14.2 Å². The number of fused-ring (bicyclic) bond motifs is 1. The molecular formula is C22H19N7O2S3. The van der Waals surface area contributed by atoms with Gasteiger partial charge in [-0.05, 0) is 48.6 Å². The highest BCUT2D eigenvalue weighted by atomic mass is 32.2. The lowest BCUT2D eigenvalue weighted by Crippen LogP contribution is -2.11. The first kappa shape index (κ1) is 21.2. The fraction of sp³-hybridized carbons (Fsp3) is 0.136. The number of nitrogens with one attached hydrogen (secondary N) is 3. The molecule has 0 saturated heterocycles. The average molecular weight is 510 g/mol. The van der Waals surface area contributed by atoms with E-state index in [9.17, 15) is 8.42 Å². The largest absolute Gasteiger partial charge is 0.308 e. The number of H-pyrrole nitrogens is 1. The van der Waals surface area contributed by atoms with Gasteiger partial charge in [0.2, 0.25) is 5.95 Å². The predicted octanol–water partition coefficient (Wildman–Crippen LogP) is 5.09. The number of anilines is 3. The van der Waals surface area contributed by atoms with Gasteiger partial charge in [-0.15, -0.1) is 11.3 Å². The molecule has 0 bridgehead atoms. The number of nitrogens with zero attached hydrogens (tertiary/aromatic N) is 4. The number of hydrogen-bond acceptors (Lipinski definition) is 8. The van der Waals surface area contributed by atoms with Crippen molar-refractivity contribution >= 4 is 56.2 Å². The van der Waals surface area contributed by atoms with Crippen LogP contribution in [0.25, 0.3) is 5.65 Å². The molecule has 1 fully saturated rings. The Morgan fingerprint density at radius 2 is 2.00 bits per heavy atom. The van der Waals surface area contributed by atoms with Crippen LogP contribution in [0.15, 0.2) is 80.4 Å². The smallest absolute Gasteiger partial charge is 0.271 e. The summed E-state index contributed by atoms with van der Waals surface area (Å²) in [7, 11) is -3.57. The average Bonchev–Trinajstić information content (AvgIpc) is 3.23. The molecule has 3 N–H and O–H groups in total. The van der Waals surface area contributed by atoms with Crippen LogP contribution < -0.4 is 10.0 Å². The zero-order valence-electron chi connectivity index (χ0n) is 17.7. The summed E-state index contributed by atoms with van der Waals surface area (Å²) in [6.07, 6.45) is 5.98. The van der Waals surface area contributed by atoms with Crippen LogP contribution in [0.2, 0.25) is 0 Å². The van der Waals surface area contributed by atoms with Crippen LogP contribution >= 0.6 is 23.1 Å². The molecule has 0 atom stereocenters. The van der Waals surface area contributed by atoms with Crippen molar-refractivity contribution in [3.05, 3.63) is 72.0 Å². The van der Waals surface area contributed by atoms with Crippen LogP contribution in [0.3, 0.4) is 0 Å². The lowest BCUT2D eigenvalue weighted by Gasteiger charge is -2.09. The minimum absolute atomic E-state index is 0.282. The van der Waals surface area contributed by atoms with Crippen LogP contribution in [0, 0.1) is 0 Å². The van der Waals surface area contributed by atoms with Crippen LogP contribution in [-0.2, 0) is 10.0 Å². The van der Waals surface area contributed by atoms with Crippen molar-refractivity contribution in [1.29, 1.82) is 0 Å². The molecule has 0 radical (unpaired) electrons. The van der Waals surface area contributed by atoms with Gasteiger partial charge in [0.05, 0.1) is 0 Å². The summed E-state index contributed by atoms with van der Waals surface area (Å²) < 4.78 is 29.6. The van der Waals surface area contributed by atoms with Gasteiger partial charge in [-0.2, -0.15) is 5.10 Å². The highest BCUT2D eigenvalue weighted by Gasteiger charge is 2.25. The Labute approximate surface area is 203 Å². The van der Waals surface area contributed by atoms with Gasteiger partial charge in [0, 0.05) is 46.7 Å². The molecule has 172 valence electrons. The SMILES string of the molecule is O=S(=O)(Nc1ccc(Sc2cc3nccn3c(Nc3cc(C4CC4)[nH]n3)n2)cc1)c1cccs1. The summed E-state index contributed by atoms with van der Waals surface area (Å²) in [6, 6.07) is 14.4. The molecule has 1 aliphatic carbocycles. The molecule has 4 aromatic heterocycles. The fourth-order valence-corrected chi connectivity index (χ4v) is 6.36. The Kier molecular flexibility index (Phi) is 5.27. The van der Waals surface area contributed by atoms with Gasteiger partial charge in [0.15, 0.2) is 5.82 Å². The quantitative estimate of drug-likeness (QED) is 0.250. The van der Waals surface area contributed by atoms with E-state index in [1.54, 1.807) is 35.8 Å². The summed E-state index contributed by atoms with van der Waals surface area (Å²) in [5.41, 5.74) is 2.41. The topological polar surface area (TPSA) is 117 Å². The number of aromatic nitrogens is 5. The van der Waals surface area contributed by atoms with Crippen LogP contribution in [0.1, 0.15) is 24.5 Å². The van der Waals surface area contributed by atoms with E-state index in [0.717, 1.165) is 21.3 Å². The fourth-order valence-electron chi connectivity index (χ4n) is 3.49. The zero-order chi connectivity index (χ0) is 23.1. The molecule has 0 amide bonds. The number of sulfonamides is 1. The Morgan fingerprint density at radius 1 is 1.15 bits per heavy atom. The maximum Gasteiger partial charge on any atom is 0.271 e. The van der Waals surface area contributed by atoms with E-state index in [0.29, 0.717) is 23.4 Å². The third-order valence-electron chi connectivity index (χ3n) is 5.31. The van der Waals surface area contributed by atoms with Gasteiger partial charge in [-0.25, -0.2) is 18.4 Å². The first-order chi connectivity index (χ1) is 16.5. The van der Waals surface area contributed by atoms with Crippen molar-refractivity contribution < 1.29 is 8.42 Å². The Balaban J connectivity index is 1.21. The molecule has 12 heteroatoms. The van der Waals surface area contributed by atoms with E-state index in [1.165, 1.54) is 35.9 Å². The Bertz CT molecular complexity index is 1550. The summed E-state index contributed by atoms with van der Waals surface area (Å²) >= 11 is 2.65. The molecular weight excluding hydrogens is 490 g/mol. The maximum atomic E-state index is 12.4. The van der Waals surface area contributed by atoms with Crippen molar-refractivity contribution in [3.63, 3.8) is 0 Å². The molecule has 0 spiro atoms. The highest BCUT2D eigenvalue weighted by Crippen LogP contribution is 2.39. The third-order valence-corrected chi connectivity index (χ3v) is 9.01. The second kappa shape index (κ2) is 8.46. The second-order valence-corrected chi connectivity index (χ2v) is 11.8. The molecule has 6 rings (SSSR count). The van der Waals surface area contributed by atoms with Crippen LogP contribution in [0.4, 0.5) is 17.5 Å². The number of benzene rings is 1. The molecule has 5 aromatic rings. The van der Waals surface area contributed by atoms with Crippen LogP contribution in [0.5, 0.6) is 0 Å². The van der Waals surface area contributed by atoms with E-state index in [2.05, 4.69) is 25.2 Å². The third kappa shape index (κ3) is 4.39. The molecule has 34 heavy (non-hydrogen) atoms. The molecule has 9 nitrogen and oxygen atoms in total. The van der Waals surface area contributed by atoms with Crippen molar-refractivity contribution in [2.45, 2.75) is 32.9 Å². The monoisotopic (exact) mass is 509 g/mol. The first-order valence-electron chi connectivity index (χ1n) is 10.5. The lowest BCUT2D eigenvalue weighted by atomic mass is 10.3. The van der Waals surface area contributed by atoms with Crippen molar-refractivity contribution in [3.8, 4) is 0 Å². The molecule has 1 aliphatic rings. The summed E-state index contributed by atoms with van der Waals surface area (Å²) in [4.78, 5) is 10.1. The number of aromatic amines is 1. The Hall–Kier alpha value is -3.35. The van der Waals surface area contributed by atoms with Crippen molar-refractivity contribution in [2.24, 2.45) is 0 Å². The molecule has 1 aromatic carbocycles. The minimum atomic E-state index is -3.57. The van der Waals surface area contributed by atoms with Crippen molar-refractivity contribution in [1.82, 2.24) is 24.6 Å². The van der Waals surface area contributed by atoms with Gasteiger partial charge in [0.25, 0.3) is 10.0 Å². The highest BCUT2D eigenvalue weighted by molar-refractivity contribution is 7.99. The molecule has 0 unspecified atom stereocenters. The van der Waals surface area contributed by atoms with Crippen molar-refractivity contribution in [2.75, 3.05) is 10.0 Å². The molecule has 4 heterocycles. The Morgan fingerprint density at radius 3 is 2.76 bits per heavy atom. The standard InChI is InChI=1S/C22H19N7O2S3/c30-34(31,21-2-1-11-32-21)28-15-5-7-16(8-6-15)33-20-13-19-23-9-10-29(19)22(25-20)24-18-12-17(26-27-18)14-3-4-14/h1-2,5-14,28H,3-4H2,(H2,24,25,26,27). The van der Waals surface area contributed by atoms with Gasteiger partial charge < -0.3 is 5.32 Å². The maximum absolute atomic E-state index is 12.4. The first-order valence-corrected chi connectivity index (χ1v) is 13.7. The zero-order valence-corrected chi connectivity index (χ0v) is 20.1. The van der Waals surface area contributed by atoms with Gasteiger partial charge in [-0.1, -0.05) is 17.8 Å². The number of rotatable bonds is 8. The molecule has 1 saturated carbocycles.